The Bertz CT molecular complexity index is 1530. The van der Waals surface area contributed by atoms with Crippen molar-refractivity contribution >= 4 is 35.1 Å². The van der Waals surface area contributed by atoms with Gasteiger partial charge in [0.25, 0.3) is 0 Å². The van der Waals surface area contributed by atoms with Gasteiger partial charge in [0.2, 0.25) is 5.91 Å². The number of carbonyl (C=O) groups is 1. The molecule has 38 heavy (non-hydrogen) atoms. The number of nitrogens with zero attached hydrogens (tertiary/aromatic N) is 8. The number of amides is 1. The molecule has 5 heterocycles. The molecular formula is C24H19ClF2N8O3. The fourth-order valence-corrected chi connectivity index (χ4v) is 5.35. The van der Waals surface area contributed by atoms with Gasteiger partial charge >= 0.3 is 0 Å². The van der Waals surface area contributed by atoms with Gasteiger partial charge in [0.05, 0.1) is 35.3 Å². The van der Waals surface area contributed by atoms with E-state index in [2.05, 4.69) is 25.5 Å². The highest BCUT2D eigenvalue weighted by Gasteiger charge is 2.43. The number of hydrogen-bond acceptors (Lipinski definition) is 9. The van der Waals surface area contributed by atoms with Crippen LogP contribution in [0.25, 0.3) is 11.3 Å². The van der Waals surface area contributed by atoms with Crippen LogP contribution in [0.2, 0.25) is 5.02 Å². The normalized spacial score (nSPS) is 24.9. The van der Waals surface area contributed by atoms with E-state index < -0.39 is 24.3 Å². The topological polar surface area (TPSA) is 132 Å². The minimum Gasteiger partial charge on any atom is -0.390 e. The maximum absolute atomic E-state index is 15.3. The van der Waals surface area contributed by atoms with Crippen LogP contribution in [0, 0.1) is 5.82 Å². The second-order valence-corrected chi connectivity index (χ2v) is 9.39. The average Bonchev–Trinajstić information content (AvgIpc) is 3.67. The molecule has 0 aliphatic carbocycles. The van der Waals surface area contributed by atoms with Crippen molar-refractivity contribution in [2.75, 3.05) is 6.61 Å². The van der Waals surface area contributed by atoms with Crippen LogP contribution < -0.4 is 0 Å². The van der Waals surface area contributed by atoms with E-state index >= 15 is 4.39 Å². The lowest BCUT2D eigenvalue weighted by atomic mass is 9.92. The highest BCUT2D eigenvalue weighted by molar-refractivity contribution is 6.31. The van der Waals surface area contributed by atoms with E-state index in [1.54, 1.807) is 11.0 Å². The quantitative estimate of drug-likeness (QED) is 0.609. The van der Waals surface area contributed by atoms with E-state index in [0.29, 0.717) is 41.4 Å². The Morgan fingerprint density at radius 1 is 1.21 bits per heavy atom. The minimum atomic E-state index is -0.822. The Morgan fingerprint density at radius 2 is 2.05 bits per heavy atom. The molecular weight excluding hydrogens is 522 g/mol. The summed E-state index contributed by atoms with van der Waals surface area (Å²) in [5.41, 5.74) is 0.959. The van der Waals surface area contributed by atoms with Gasteiger partial charge in [-0.15, -0.1) is 5.10 Å². The first-order valence-electron chi connectivity index (χ1n) is 11.6. The number of hydrogen-bond donors (Lipinski definition) is 2. The number of aliphatic imine (C=N–C) groups is 2. The van der Waals surface area contributed by atoms with Crippen LogP contribution in [-0.2, 0) is 4.79 Å². The van der Waals surface area contributed by atoms with Crippen molar-refractivity contribution in [3.8, 4) is 5.69 Å². The van der Waals surface area contributed by atoms with Gasteiger partial charge in [0, 0.05) is 29.5 Å². The smallest absolute Gasteiger partial charge is 0.247 e. The van der Waals surface area contributed by atoms with Crippen molar-refractivity contribution in [3.05, 3.63) is 76.0 Å². The summed E-state index contributed by atoms with van der Waals surface area (Å²) in [4.78, 5) is 23.8. The lowest BCUT2D eigenvalue weighted by Crippen LogP contribution is -2.45. The third-order valence-corrected chi connectivity index (χ3v) is 7.22. The molecule has 1 aromatic carbocycles. The summed E-state index contributed by atoms with van der Waals surface area (Å²) >= 11 is 6.08. The zero-order valence-electron chi connectivity index (χ0n) is 19.5. The Morgan fingerprint density at radius 3 is 2.82 bits per heavy atom. The fourth-order valence-electron chi connectivity index (χ4n) is 5.19. The maximum atomic E-state index is 15.3. The predicted molar refractivity (Wildman–Crippen MR) is 131 cm³/mol. The number of rotatable bonds is 4. The van der Waals surface area contributed by atoms with Gasteiger partial charge in [0.15, 0.2) is 17.5 Å². The molecule has 2 aromatic rings. The van der Waals surface area contributed by atoms with Crippen molar-refractivity contribution in [3.63, 3.8) is 0 Å². The monoisotopic (exact) mass is 540 g/mol. The molecule has 2 unspecified atom stereocenters. The van der Waals surface area contributed by atoms with Crippen LogP contribution in [0.15, 0.2) is 69.6 Å². The predicted octanol–water partition coefficient (Wildman–Crippen LogP) is 2.73. The molecule has 0 saturated carbocycles. The molecule has 194 valence electrons. The van der Waals surface area contributed by atoms with Crippen molar-refractivity contribution in [1.29, 1.82) is 0 Å². The molecule has 4 aliphatic rings. The summed E-state index contributed by atoms with van der Waals surface area (Å²) in [5.74, 6) is -1.47. The number of halogens is 3. The molecule has 1 saturated heterocycles. The standard InChI is InChI=1S/C24H19ClF2N8O3/c25-15-2-4-17(33-11-29-31-32-33)21(23(15)27)12-7-13-1-3-18(35(13)20(37)8-12)24-28-9-16(30-24)14-5-6-34(38)19(10-36)22(14)26/h2,4-6,8-9,11,13,18,36,38H,1,3,7,10H2/b16-14+. The number of allylic oxidation sites excluding steroid dienone is 4. The highest BCUT2D eigenvalue weighted by Crippen LogP contribution is 2.41. The summed E-state index contributed by atoms with van der Waals surface area (Å²) in [6, 6.07) is 2.31. The fraction of sp³-hybridized carbons (Fsp3) is 0.250. The average molecular weight is 541 g/mol. The lowest BCUT2D eigenvalue weighted by Gasteiger charge is -2.33. The van der Waals surface area contributed by atoms with E-state index in [0.717, 1.165) is 0 Å². The summed E-state index contributed by atoms with van der Waals surface area (Å²) < 4.78 is 31.4. The molecule has 1 fully saturated rings. The number of aromatic nitrogens is 4. The van der Waals surface area contributed by atoms with E-state index in [1.807, 2.05) is 0 Å². The summed E-state index contributed by atoms with van der Waals surface area (Å²) in [7, 11) is 0. The Hall–Kier alpha value is -4.07. The van der Waals surface area contributed by atoms with E-state index in [1.165, 1.54) is 41.6 Å². The number of carbonyl (C=O) groups excluding carboxylic acids is 1. The number of hydroxylamine groups is 2. The molecule has 0 spiro atoms. The van der Waals surface area contributed by atoms with Crippen molar-refractivity contribution in [1.82, 2.24) is 30.2 Å². The van der Waals surface area contributed by atoms with Gasteiger partial charge in [0.1, 0.15) is 12.0 Å². The second-order valence-electron chi connectivity index (χ2n) is 8.98. The number of amidine groups is 1. The van der Waals surface area contributed by atoms with Crippen molar-refractivity contribution in [2.45, 2.75) is 31.3 Å². The number of benzene rings is 1. The van der Waals surface area contributed by atoms with Gasteiger partial charge < -0.3 is 10.0 Å². The van der Waals surface area contributed by atoms with Gasteiger partial charge in [-0.05, 0) is 53.5 Å². The number of aliphatic hydroxyl groups is 1. The maximum Gasteiger partial charge on any atom is 0.247 e. The van der Waals surface area contributed by atoms with Crippen molar-refractivity contribution in [2.24, 2.45) is 9.98 Å². The zero-order valence-corrected chi connectivity index (χ0v) is 20.3. The van der Waals surface area contributed by atoms with Crippen molar-refractivity contribution < 1.29 is 23.9 Å². The van der Waals surface area contributed by atoms with E-state index in [4.69, 9.17) is 11.6 Å². The number of tetrazole rings is 1. The van der Waals surface area contributed by atoms with Crippen LogP contribution in [0.3, 0.4) is 0 Å². The van der Waals surface area contributed by atoms with E-state index in [9.17, 15) is 19.5 Å². The first-order chi connectivity index (χ1) is 18.4. The first-order valence-corrected chi connectivity index (χ1v) is 12.0. The Labute approximate surface area is 219 Å². The molecule has 4 aliphatic heterocycles. The lowest BCUT2D eigenvalue weighted by molar-refractivity contribution is -0.128. The largest absolute Gasteiger partial charge is 0.390 e. The van der Waals surface area contributed by atoms with Crippen LogP contribution in [0.4, 0.5) is 8.78 Å². The highest BCUT2D eigenvalue weighted by atomic mass is 35.5. The zero-order chi connectivity index (χ0) is 26.6. The second kappa shape index (κ2) is 9.35. The SMILES string of the molecule is O=C1C=C(c2c(-n3cnnn3)ccc(Cl)c2F)CC2CCC(C3=N/C(=C4\C=CN(O)C(CO)=C4F)C=N3)N12. The third-order valence-electron chi connectivity index (χ3n) is 6.93. The van der Waals surface area contributed by atoms with Gasteiger partial charge in [-0.25, -0.2) is 23.8 Å². The molecule has 2 atom stereocenters. The van der Waals surface area contributed by atoms with Gasteiger partial charge in [-0.1, -0.05) is 11.6 Å². The summed E-state index contributed by atoms with van der Waals surface area (Å²) in [5, 5.41) is 30.5. The minimum absolute atomic E-state index is 0.0614. The molecule has 6 rings (SSSR count). The molecule has 0 radical (unpaired) electrons. The molecule has 0 bridgehead atoms. The molecule has 11 nitrogen and oxygen atoms in total. The molecule has 1 amide bonds. The Balaban J connectivity index is 1.32. The first kappa shape index (κ1) is 24.3. The summed E-state index contributed by atoms with van der Waals surface area (Å²) in [6.45, 7) is -0.708. The molecule has 2 N–H and O–H groups in total. The van der Waals surface area contributed by atoms with Crippen LogP contribution in [0.1, 0.15) is 24.8 Å². The number of fused-ring (bicyclic) bond motifs is 1. The van der Waals surface area contributed by atoms with Gasteiger partial charge in [-0.3, -0.25) is 10.0 Å². The van der Waals surface area contributed by atoms with Crippen LogP contribution in [0.5, 0.6) is 0 Å². The molecule has 14 heteroatoms. The number of aliphatic hydroxyl groups excluding tert-OH is 1. The third kappa shape index (κ3) is 3.86. The van der Waals surface area contributed by atoms with E-state index in [-0.39, 0.29) is 39.5 Å². The summed E-state index contributed by atoms with van der Waals surface area (Å²) in [6.07, 6.45) is 8.18. The van der Waals surface area contributed by atoms with Crippen LogP contribution in [-0.4, -0.2) is 77.1 Å². The molecule has 1 aromatic heterocycles. The Kier molecular flexibility index (Phi) is 5.97. The van der Waals surface area contributed by atoms with Crippen LogP contribution >= 0.6 is 11.6 Å². The van der Waals surface area contributed by atoms with Gasteiger partial charge in [-0.2, -0.15) is 4.68 Å².